The fourth-order valence-corrected chi connectivity index (χ4v) is 3.42. The molecule has 0 fully saturated rings. The van der Waals surface area contributed by atoms with Crippen LogP contribution < -0.4 is 5.32 Å². The maximum Gasteiger partial charge on any atom is 0.305 e. The van der Waals surface area contributed by atoms with Crippen molar-refractivity contribution in [1.82, 2.24) is 0 Å². The van der Waals surface area contributed by atoms with Gasteiger partial charge in [-0.1, -0.05) is 53.6 Å². The smallest absolute Gasteiger partial charge is 0.305 e. The third-order valence-corrected chi connectivity index (χ3v) is 5.00. The van der Waals surface area contributed by atoms with E-state index in [1.807, 2.05) is 36.4 Å². The summed E-state index contributed by atoms with van der Waals surface area (Å²) < 4.78 is 4.73. The first-order valence-corrected chi connectivity index (χ1v) is 9.16. The molecule has 0 unspecified atom stereocenters. The van der Waals surface area contributed by atoms with Crippen molar-refractivity contribution in [1.29, 1.82) is 0 Å². The summed E-state index contributed by atoms with van der Waals surface area (Å²) in [5.74, 6) is -0.299. The Bertz CT molecular complexity index is 899. The average molecular weight is 407 g/mol. The van der Waals surface area contributed by atoms with Crippen LogP contribution in [0.4, 0.5) is 5.69 Å². The lowest BCUT2D eigenvalue weighted by Gasteiger charge is -2.13. The van der Waals surface area contributed by atoms with Gasteiger partial charge in [0.05, 0.1) is 12.8 Å². The summed E-state index contributed by atoms with van der Waals surface area (Å²) in [4.78, 5) is 16.9. The summed E-state index contributed by atoms with van der Waals surface area (Å²) in [7, 11) is 1.36. The van der Waals surface area contributed by atoms with Crippen LogP contribution in [-0.4, -0.2) is 29.8 Å². The number of carbonyl (C=O) groups is 1. The van der Waals surface area contributed by atoms with E-state index in [0.29, 0.717) is 27.2 Å². The summed E-state index contributed by atoms with van der Waals surface area (Å²) in [6.45, 7) is 0. The summed E-state index contributed by atoms with van der Waals surface area (Å²) in [5.41, 5.74) is 3.09. The Kier molecular flexibility index (Phi) is 5.91. The summed E-state index contributed by atoms with van der Waals surface area (Å²) >= 11 is 18.1. The van der Waals surface area contributed by atoms with Gasteiger partial charge in [0.1, 0.15) is 11.0 Å². The van der Waals surface area contributed by atoms with Crippen molar-refractivity contribution in [2.24, 2.45) is 4.99 Å². The number of fused-ring (bicyclic) bond motifs is 1. The Balaban J connectivity index is 2.10. The second-order valence-corrected chi connectivity index (χ2v) is 7.05. The molecule has 2 aromatic rings. The van der Waals surface area contributed by atoms with E-state index in [1.165, 1.54) is 7.11 Å². The maximum absolute atomic E-state index is 11.5. The molecule has 1 aliphatic heterocycles. The Morgan fingerprint density at radius 2 is 2.00 bits per heavy atom. The van der Waals surface area contributed by atoms with E-state index in [0.717, 1.165) is 16.8 Å². The van der Waals surface area contributed by atoms with Crippen LogP contribution in [0.3, 0.4) is 0 Å². The van der Waals surface area contributed by atoms with Gasteiger partial charge in [-0.3, -0.25) is 9.79 Å². The Morgan fingerprint density at radius 3 is 2.73 bits per heavy atom. The molecular formula is C19H16Cl2N2O2S. The molecule has 0 bridgehead atoms. The number of nitrogens with zero attached hydrogens (tertiary/aromatic N) is 1. The maximum atomic E-state index is 11.5. The number of aliphatic imine (C=N–C) groups is 1. The average Bonchev–Trinajstić information content (AvgIpc) is 2.76. The molecule has 1 atom stereocenters. The normalized spacial score (nSPS) is 16.2. The zero-order chi connectivity index (χ0) is 18.7. The van der Waals surface area contributed by atoms with Crippen LogP contribution in [-0.2, 0) is 9.53 Å². The minimum atomic E-state index is -0.374. The molecule has 1 N–H and O–H groups in total. The predicted octanol–water partition coefficient (Wildman–Crippen LogP) is 4.91. The monoisotopic (exact) mass is 406 g/mol. The third kappa shape index (κ3) is 4.06. The van der Waals surface area contributed by atoms with Gasteiger partial charge in [0, 0.05) is 33.3 Å². The van der Waals surface area contributed by atoms with Crippen LogP contribution in [0.1, 0.15) is 24.0 Å². The van der Waals surface area contributed by atoms with Gasteiger partial charge in [-0.25, -0.2) is 0 Å². The molecular weight excluding hydrogens is 391 g/mol. The van der Waals surface area contributed by atoms with Crippen LogP contribution in [0.5, 0.6) is 0 Å². The highest BCUT2D eigenvalue weighted by Gasteiger charge is 2.25. The zero-order valence-corrected chi connectivity index (χ0v) is 16.3. The Morgan fingerprint density at radius 1 is 1.23 bits per heavy atom. The number of methoxy groups -OCH3 is 1. The number of hydrogen-bond acceptors (Lipinski definition) is 4. The van der Waals surface area contributed by atoms with E-state index in [4.69, 9.17) is 45.1 Å². The van der Waals surface area contributed by atoms with Crippen molar-refractivity contribution in [3.63, 3.8) is 0 Å². The van der Waals surface area contributed by atoms with Gasteiger partial charge in [0.15, 0.2) is 0 Å². The van der Waals surface area contributed by atoms with Gasteiger partial charge in [-0.05, 0) is 30.7 Å². The highest BCUT2D eigenvalue weighted by Crippen LogP contribution is 2.30. The molecule has 0 amide bonds. The molecule has 1 aliphatic rings. The number of anilines is 1. The molecule has 0 saturated carbocycles. The van der Waals surface area contributed by atoms with Gasteiger partial charge in [0.2, 0.25) is 0 Å². The predicted molar refractivity (Wildman–Crippen MR) is 110 cm³/mol. The van der Waals surface area contributed by atoms with Crippen LogP contribution in [0.25, 0.3) is 0 Å². The lowest BCUT2D eigenvalue weighted by molar-refractivity contribution is -0.140. The molecule has 0 aliphatic carbocycles. The fraction of sp³-hybridized carbons (Fsp3) is 0.211. The minimum absolute atomic E-state index is 0.222. The van der Waals surface area contributed by atoms with Crippen LogP contribution >= 0.6 is 35.4 Å². The molecule has 2 aromatic carbocycles. The zero-order valence-electron chi connectivity index (χ0n) is 14.0. The standard InChI is InChI=1S/C19H16Cl2N2O2S/c1-25-17(24)9-8-16-19(26)23-15-7-6-11(20)10-13(15)18(22-16)12-4-2-3-5-14(12)21/h2-7,10,16H,8-9H2,1H3,(H,23,26)/t16-/m0/s1. The number of rotatable bonds is 4. The molecule has 0 radical (unpaired) electrons. The van der Waals surface area contributed by atoms with E-state index in [-0.39, 0.29) is 18.4 Å². The topological polar surface area (TPSA) is 50.7 Å². The number of ether oxygens (including phenoxy) is 1. The van der Waals surface area contributed by atoms with Gasteiger partial charge < -0.3 is 10.1 Å². The summed E-state index contributed by atoms with van der Waals surface area (Å²) in [6.07, 6.45) is 0.660. The molecule has 1 heterocycles. The molecule has 134 valence electrons. The van der Waals surface area contributed by atoms with E-state index >= 15 is 0 Å². The van der Waals surface area contributed by atoms with Crippen molar-refractivity contribution >= 4 is 57.8 Å². The number of thiocarbonyl (C=S) groups is 1. The highest BCUT2D eigenvalue weighted by atomic mass is 35.5. The second kappa shape index (κ2) is 8.16. The van der Waals surface area contributed by atoms with Crippen LogP contribution in [0.2, 0.25) is 10.0 Å². The second-order valence-electron chi connectivity index (χ2n) is 5.77. The molecule has 0 spiro atoms. The molecule has 0 aromatic heterocycles. The van der Waals surface area contributed by atoms with E-state index in [2.05, 4.69) is 5.32 Å². The molecule has 4 nitrogen and oxygen atoms in total. The first kappa shape index (κ1) is 18.8. The first-order chi connectivity index (χ1) is 12.5. The number of hydrogen-bond donors (Lipinski definition) is 1. The number of halogens is 2. The molecule has 3 rings (SSSR count). The Labute approximate surface area is 167 Å². The fourth-order valence-electron chi connectivity index (χ4n) is 2.74. The molecule has 0 saturated heterocycles. The number of benzodiazepines with no additional fused rings is 1. The number of nitrogens with one attached hydrogen (secondary N) is 1. The number of carbonyl (C=O) groups excluding carboxylic acids is 1. The van der Waals surface area contributed by atoms with Crippen molar-refractivity contribution in [3.8, 4) is 0 Å². The number of esters is 1. The summed E-state index contributed by atoms with van der Waals surface area (Å²) in [6, 6.07) is 12.6. The van der Waals surface area contributed by atoms with Gasteiger partial charge in [-0.2, -0.15) is 0 Å². The van der Waals surface area contributed by atoms with E-state index < -0.39 is 0 Å². The van der Waals surface area contributed by atoms with Gasteiger partial charge in [-0.15, -0.1) is 0 Å². The Hall–Kier alpha value is -1.95. The van der Waals surface area contributed by atoms with Crippen molar-refractivity contribution in [3.05, 3.63) is 63.6 Å². The van der Waals surface area contributed by atoms with Crippen LogP contribution in [0, 0.1) is 0 Å². The van der Waals surface area contributed by atoms with Gasteiger partial charge >= 0.3 is 5.97 Å². The minimum Gasteiger partial charge on any atom is -0.469 e. The van der Waals surface area contributed by atoms with Crippen molar-refractivity contribution < 1.29 is 9.53 Å². The van der Waals surface area contributed by atoms with Crippen molar-refractivity contribution in [2.45, 2.75) is 18.9 Å². The highest BCUT2D eigenvalue weighted by molar-refractivity contribution is 7.80. The van der Waals surface area contributed by atoms with E-state index in [9.17, 15) is 4.79 Å². The first-order valence-electron chi connectivity index (χ1n) is 8.00. The largest absolute Gasteiger partial charge is 0.469 e. The lowest BCUT2D eigenvalue weighted by Crippen LogP contribution is -2.24. The number of benzene rings is 2. The van der Waals surface area contributed by atoms with Crippen molar-refractivity contribution in [2.75, 3.05) is 12.4 Å². The van der Waals surface area contributed by atoms with Gasteiger partial charge in [0.25, 0.3) is 0 Å². The lowest BCUT2D eigenvalue weighted by atomic mass is 10.0. The SMILES string of the molecule is COC(=O)CC[C@@H]1N=C(c2ccccc2Cl)c2cc(Cl)ccc2NC1=S. The van der Waals surface area contributed by atoms with Crippen LogP contribution in [0.15, 0.2) is 47.5 Å². The summed E-state index contributed by atoms with van der Waals surface area (Å²) in [5, 5.41) is 4.39. The quantitative estimate of drug-likeness (QED) is 0.578. The third-order valence-electron chi connectivity index (χ3n) is 4.06. The molecule has 26 heavy (non-hydrogen) atoms. The molecule has 7 heteroatoms. The van der Waals surface area contributed by atoms with E-state index in [1.54, 1.807) is 6.07 Å².